The Morgan fingerprint density at radius 2 is 1.64 bits per heavy atom. The van der Waals surface area contributed by atoms with Crippen LogP contribution in [0.2, 0.25) is 0 Å². The quantitative estimate of drug-likeness (QED) is 0.469. The van der Waals surface area contributed by atoms with Crippen LogP contribution in [0.5, 0.6) is 0 Å². The highest BCUT2D eigenvalue weighted by molar-refractivity contribution is 7.86. The van der Waals surface area contributed by atoms with E-state index in [1.54, 1.807) is 61.8 Å². The summed E-state index contributed by atoms with van der Waals surface area (Å²) in [6.07, 6.45) is 0. The third-order valence-corrected chi connectivity index (χ3v) is 7.75. The summed E-state index contributed by atoms with van der Waals surface area (Å²) in [4.78, 5) is 1.15. The topological polar surface area (TPSA) is 116 Å². The Bertz CT molecular complexity index is 1310. The van der Waals surface area contributed by atoms with E-state index >= 15 is 0 Å². The van der Waals surface area contributed by atoms with Gasteiger partial charge in [0.15, 0.2) is 0 Å². The summed E-state index contributed by atoms with van der Waals surface area (Å²) in [5.74, 6) is 0. The van der Waals surface area contributed by atoms with Gasteiger partial charge in [0.05, 0.1) is 11.3 Å². The van der Waals surface area contributed by atoms with E-state index in [0.717, 1.165) is 11.3 Å². The molecule has 0 aliphatic heterocycles. The van der Waals surface area contributed by atoms with Gasteiger partial charge in [-0.25, -0.2) is 0 Å². The fraction of sp³-hybridized carbons (Fsp3) is 0.235. The number of aromatic nitrogens is 1. The van der Waals surface area contributed by atoms with Gasteiger partial charge in [-0.3, -0.25) is 9.11 Å². The van der Waals surface area contributed by atoms with Crippen LogP contribution >= 0.6 is 11.3 Å². The van der Waals surface area contributed by atoms with Crippen molar-refractivity contribution in [3.05, 3.63) is 35.9 Å². The number of rotatable bonds is 4. The van der Waals surface area contributed by atoms with Gasteiger partial charge in [-0.05, 0) is 30.7 Å². The highest BCUT2D eigenvalue weighted by Crippen LogP contribution is 2.36. The smallest absolute Gasteiger partial charge is 0.296 e. The molecular weight excluding hydrogens is 424 g/mol. The Balaban J connectivity index is 2.36. The second-order valence-electron chi connectivity index (χ2n) is 6.55. The zero-order valence-corrected chi connectivity index (χ0v) is 18.0. The first-order valence-corrected chi connectivity index (χ1v) is 11.7. The molecule has 0 fully saturated rings. The lowest BCUT2D eigenvalue weighted by Gasteiger charge is -2.16. The highest BCUT2D eigenvalue weighted by atomic mass is 32.2. The van der Waals surface area contributed by atoms with Crippen LogP contribution in [0.1, 0.15) is 5.56 Å². The van der Waals surface area contributed by atoms with Crippen molar-refractivity contribution < 1.29 is 30.5 Å². The number of nitrogens with zero attached hydrogens (tertiary/aromatic N) is 2. The first kappa shape index (κ1) is 20.7. The van der Waals surface area contributed by atoms with Crippen molar-refractivity contribution >= 4 is 47.5 Å². The lowest BCUT2D eigenvalue weighted by atomic mass is 10.2. The molecule has 0 spiro atoms. The van der Waals surface area contributed by atoms with E-state index in [4.69, 9.17) is 0 Å². The Morgan fingerprint density at radius 3 is 2.18 bits per heavy atom. The molecule has 0 bridgehead atoms. The van der Waals surface area contributed by atoms with E-state index in [-0.39, 0.29) is 9.79 Å². The van der Waals surface area contributed by atoms with Crippen LogP contribution in [-0.2, 0) is 27.3 Å². The zero-order chi connectivity index (χ0) is 21.0. The predicted molar refractivity (Wildman–Crippen MR) is 107 cm³/mol. The van der Waals surface area contributed by atoms with Gasteiger partial charge in [0, 0.05) is 20.2 Å². The molecule has 3 aromatic rings. The molecule has 11 heteroatoms. The Hall–Kier alpha value is -2.05. The largest absolute Gasteiger partial charge is 0.377 e. The van der Waals surface area contributed by atoms with Crippen LogP contribution < -0.4 is 9.47 Å². The van der Waals surface area contributed by atoms with Crippen LogP contribution in [-0.4, -0.2) is 40.0 Å². The number of hydrogen-bond acceptors (Lipinski definition) is 6. The maximum absolute atomic E-state index is 11.9. The molecule has 0 amide bonds. The third kappa shape index (κ3) is 3.51. The molecule has 0 unspecified atom stereocenters. The molecule has 0 saturated heterocycles. The van der Waals surface area contributed by atoms with Crippen LogP contribution in [0.15, 0.2) is 40.1 Å². The van der Waals surface area contributed by atoms with Crippen molar-refractivity contribution in [2.24, 2.45) is 7.05 Å². The van der Waals surface area contributed by atoms with Crippen molar-refractivity contribution in [2.45, 2.75) is 16.7 Å². The summed E-state index contributed by atoms with van der Waals surface area (Å²) in [6, 6.07) is 7.93. The van der Waals surface area contributed by atoms with Gasteiger partial charge in [0.25, 0.3) is 25.2 Å². The SMILES string of the molecule is Cc1ccc2c(sc(-c3ccc(N(C)C)c(S(=O)(=O)O)c3)[n+]2C)c1S(=O)(=O)O. The summed E-state index contributed by atoms with van der Waals surface area (Å²) >= 11 is 1.11. The van der Waals surface area contributed by atoms with Crippen molar-refractivity contribution in [3.63, 3.8) is 0 Å². The minimum atomic E-state index is -4.47. The zero-order valence-electron chi connectivity index (χ0n) is 15.5. The Morgan fingerprint density at radius 1 is 1.00 bits per heavy atom. The van der Waals surface area contributed by atoms with Crippen LogP contribution in [0.4, 0.5) is 5.69 Å². The summed E-state index contributed by atoms with van der Waals surface area (Å²) in [7, 11) is -3.89. The van der Waals surface area contributed by atoms with Gasteiger partial charge in [0.2, 0.25) is 5.52 Å². The summed E-state index contributed by atoms with van der Waals surface area (Å²) in [5, 5.41) is 0.570. The van der Waals surface area contributed by atoms with E-state index in [1.807, 2.05) is 0 Å². The van der Waals surface area contributed by atoms with E-state index in [0.29, 0.717) is 32.0 Å². The van der Waals surface area contributed by atoms with Gasteiger partial charge < -0.3 is 4.90 Å². The number of benzene rings is 2. The van der Waals surface area contributed by atoms with E-state index < -0.39 is 20.2 Å². The molecule has 0 saturated carbocycles. The lowest BCUT2D eigenvalue weighted by Crippen LogP contribution is -2.28. The fourth-order valence-corrected chi connectivity index (χ4v) is 6.37. The molecule has 150 valence electrons. The number of aryl methyl sites for hydroxylation is 2. The minimum absolute atomic E-state index is 0.170. The highest BCUT2D eigenvalue weighted by Gasteiger charge is 2.28. The first-order valence-electron chi connectivity index (χ1n) is 8.01. The molecule has 1 heterocycles. The maximum Gasteiger partial charge on any atom is 0.296 e. The van der Waals surface area contributed by atoms with Gasteiger partial charge in [-0.2, -0.15) is 21.4 Å². The molecule has 28 heavy (non-hydrogen) atoms. The number of fused-ring (bicyclic) bond motifs is 1. The molecule has 8 nitrogen and oxygen atoms in total. The van der Waals surface area contributed by atoms with Crippen LogP contribution in [0, 0.1) is 6.92 Å². The second-order valence-corrected chi connectivity index (χ2v) is 10.3. The monoisotopic (exact) mass is 443 g/mol. The average Bonchev–Trinajstić information content (AvgIpc) is 2.88. The van der Waals surface area contributed by atoms with E-state index in [2.05, 4.69) is 0 Å². The molecule has 0 radical (unpaired) electrons. The average molecular weight is 444 g/mol. The van der Waals surface area contributed by atoms with E-state index in [1.165, 1.54) is 6.07 Å². The molecule has 2 aromatic carbocycles. The second kappa shape index (κ2) is 6.78. The number of thiazole rings is 1. The lowest BCUT2D eigenvalue weighted by molar-refractivity contribution is -0.629. The number of hydrogen-bond donors (Lipinski definition) is 2. The van der Waals surface area contributed by atoms with Gasteiger partial charge in [-0.1, -0.05) is 17.4 Å². The fourth-order valence-electron chi connectivity index (χ4n) is 3.08. The summed E-state index contributed by atoms with van der Waals surface area (Å²) in [6.45, 7) is 1.59. The molecule has 2 N–H and O–H groups in total. The standard InChI is InChI=1S/C17H18N2O6S3/c1-10-5-7-13-15(16(10)28(23,24)25)26-17(19(13)4)11-6-8-12(18(2)3)14(9-11)27(20,21)22/h5-9H,1-4H3,(H-,20,21,22,23,24,25)/p+1. The van der Waals surface area contributed by atoms with Crippen LogP contribution in [0.25, 0.3) is 20.8 Å². The summed E-state index contributed by atoms with van der Waals surface area (Å²) < 4.78 is 68.7. The molecular formula is C17H19N2O6S3+. The minimum Gasteiger partial charge on any atom is -0.377 e. The van der Waals surface area contributed by atoms with Crippen molar-refractivity contribution in [1.29, 1.82) is 0 Å². The molecule has 0 atom stereocenters. The molecule has 0 aliphatic carbocycles. The van der Waals surface area contributed by atoms with E-state index in [9.17, 15) is 25.9 Å². The van der Waals surface area contributed by atoms with Crippen molar-refractivity contribution in [1.82, 2.24) is 0 Å². The number of anilines is 1. The Labute approximate surface area is 167 Å². The predicted octanol–water partition coefficient (Wildman–Crippen LogP) is 2.26. The van der Waals surface area contributed by atoms with Gasteiger partial charge >= 0.3 is 0 Å². The third-order valence-electron chi connectivity index (χ3n) is 4.38. The molecule has 0 aliphatic rings. The molecule has 3 rings (SSSR count). The Kier molecular flexibility index (Phi) is 5.01. The van der Waals surface area contributed by atoms with Crippen LogP contribution in [0.3, 0.4) is 0 Å². The van der Waals surface area contributed by atoms with Crippen molar-refractivity contribution in [2.75, 3.05) is 19.0 Å². The first-order chi connectivity index (χ1) is 12.8. The molecule has 1 aromatic heterocycles. The van der Waals surface area contributed by atoms with Crippen molar-refractivity contribution in [3.8, 4) is 10.6 Å². The summed E-state index contributed by atoms with van der Waals surface area (Å²) in [5.41, 5.74) is 1.79. The van der Waals surface area contributed by atoms with Gasteiger partial charge in [0.1, 0.15) is 21.5 Å². The maximum atomic E-state index is 11.9. The normalized spacial score (nSPS) is 12.5. The van der Waals surface area contributed by atoms with Gasteiger partial charge in [-0.15, -0.1) is 0 Å².